The fraction of sp³-hybridized carbons (Fsp3) is 0.115. The lowest BCUT2D eigenvalue weighted by molar-refractivity contribution is -0.140. The summed E-state index contributed by atoms with van der Waals surface area (Å²) in [6.07, 6.45) is 5.07. The zero-order valence-corrected chi connectivity index (χ0v) is 19.7. The average molecular weight is 518 g/mol. The van der Waals surface area contributed by atoms with Crippen molar-refractivity contribution in [2.75, 3.05) is 7.11 Å². The molecule has 0 saturated carbocycles. The van der Waals surface area contributed by atoms with Gasteiger partial charge in [0.05, 0.1) is 23.2 Å². The van der Waals surface area contributed by atoms with E-state index in [0.29, 0.717) is 15.8 Å². The van der Waals surface area contributed by atoms with Gasteiger partial charge in [-0.1, -0.05) is 18.2 Å². The number of pyridine rings is 1. The molecule has 0 bridgehead atoms. The largest absolute Gasteiger partial charge is 0.507 e. The number of methoxy groups -OCH3 is 1. The van der Waals surface area contributed by atoms with Crippen LogP contribution in [0, 0.1) is 0 Å². The van der Waals surface area contributed by atoms with Gasteiger partial charge < -0.3 is 19.7 Å². The normalized spacial score (nSPS) is 17.5. The van der Waals surface area contributed by atoms with Crippen LogP contribution in [0.3, 0.4) is 0 Å². The van der Waals surface area contributed by atoms with E-state index in [0.717, 1.165) is 22.0 Å². The lowest BCUT2D eigenvalue weighted by Crippen LogP contribution is -2.29. The highest BCUT2D eigenvalue weighted by molar-refractivity contribution is 9.10. The summed E-state index contributed by atoms with van der Waals surface area (Å²) in [5, 5.41) is 12.2. The number of ketones is 1. The first-order chi connectivity index (χ1) is 16.5. The second kappa shape index (κ2) is 8.79. The van der Waals surface area contributed by atoms with Gasteiger partial charge in [0.15, 0.2) is 0 Å². The zero-order valence-electron chi connectivity index (χ0n) is 18.2. The third-order valence-electron chi connectivity index (χ3n) is 5.98. The number of fused-ring (bicyclic) bond motifs is 1. The summed E-state index contributed by atoms with van der Waals surface area (Å²) in [5.41, 5.74) is 2.88. The number of amides is 1. The number of aliphatic hydroxyl groups is 1. The Balaban J connectivity index is 1.70. The lowest BCUT2D eigenvalue weighted by Gasteiger charge is -2.25. The maximum Gasteiger partial charge on any atom is 0.295 e. The molecule has 0 spiro atoms. The van der Waals surface area contributed by atoms with Gasteiger partial charge in [-0.15, -0.1) is 0 Å². The third-order valence-corrected chi connectivity index (χ3v) is 6.60. The minimum atomic E-state index is -0.773. The minimum Gasteiger partial charge on any atom is -0.507 e. The van der Waals surface area contributed by atoms with Gasteiger partial charge in [0.1, 0.15) is 11.5 Å². The Hall–Kier alpha value is -3.91. The number of carbonyl (C=O) groups excluding carboxylic acids is 2. The molecule has 34 heavy (non-hydrogen) atoms. The Morgan fingerprint density at radius 3 is 2.65 bits per heavy atom. The Bertz CT molecular complexity index is 1440. The number of carbonyl (C=O) groups is 2. The maximum absolute atomic E-state index is 13.3. The number of para-hydroxylation sites is 1. The first kappa shape index (κ1) is 21.9. The van der Waals surface area contributed by atoms with Gasteiger partial charge in [0.2, 0.25) is 0 Å². The Morgan fingerprint density at radius 2 is 1.91 bits per heavy atom. The summed E-state index contributed by atoms with van der Waals surface area (Å²) in [7, 11) is 1.54. The summed E-state index contributed by atoms with van der Waals surface area (Å²) in [6.45, 7) is 0.195. The number of aromatic nitrogens is 2. The van der Waals surface area contributed by atoms with Crippen molar-refractivity contribution in [2.45, 2.75) is 12.6 Å². The van der Waals surface area contributed by atoms with Gasteiger partial charge in [0.25, 0.3) is 11.7 Å². The molecule has 5 rings (SSSR count). The highest BCUT2D eigenvalue weighted by Gasteiger charge is 2.46. The van der Waals surface area contributed by atoms with Crippen molar-refractivity contribution in [1.82, 2.24) is 14.9 Å². The predicted molar refractivity (Wildman–Crippen MR) is 131 cm³/mol. The molecule has 3 heterocycles. The summed E-state index contributed by atoms with van der Waals surface area (Å²) in [5.74, 6) is -1.05. The molecule has 1 atom stereocenters. The summed E-state index contributed by atoms with van der Waals surface area (Å²) in [6, 6.07) is 15.5. The van der Waals surface area contributed by atoms with Crippen molar-refractivity contribution in [3.8, 4) is 5.75 Å². The molecule has 1 amide bonds. The molecular formula is C26H20BrN3O4. The topological polar surface area (TPSA) is 95.5 Å². The van der Waals surface area contributed by atoms with Crippen molar-refractivity contribution >= 4 is 44.3 Å². The number of hydrogen-bond acceptors (Lipinski definition) is 5. The molecule has 2 aromatic carbocycles. The number of H-pyrrole nitrogens is 1. The Labute approximate surface area is 203 Å². The van der Waals surface area contributed by atoms with Crippen molar-refractivity contribution in [2.24, 2.45) is 0 Å². The quantitative estimate of drug-likeness (QED) is 0.221. The van der Waals surface area contributed by atoms with Crippen LogP contribution >= 0.6 is 15.9 Å². The number of ether oxygens (including phenoxy) is 1. The van der Waals surface area contributed by atoms with E-state index in [4.69, 9.17) is 4.74 Å². The van der Waals surface area contributed by atoms with E-state index < -0.39 is 17.7 Å². The molecule has 1 fully saturated rings. The minimum absolute atomic E-state index is 0.0425. The molecule has 2 N–H and O–H groups in total. The molecular weight excluding hydrogens is 498 g/mol. The van der Waals surface area contributed by atoms with E-state index >= 15 is 0 Å². The van der Waals surface area contributed by atoms with Crippen LogP contribution < -0.4 is 4.74 Å². The molecule has 0 radical (unpaired) electrons. The average Bonchev–Trinajstić information content (AvgIpc) is 3.38. The monoisotopic (exact) mass is 517 g/mol. The Kier molecular flexibility index (Phi) is 5.67. The molecule has 4 aromatic rings. The standard InChI is InChI=1S/C26H20BrN3O4/c1-34-21-7-6-16(12-19(21)27)24(31)22-23(18-13-29-20-5-3-2-4-17(18)20)30(26(33)25(22)32)14-15-8-10-28-11-9-15/h2-13,23,29,31H,14H2,1H3/b24-22+. The highest BCUT2D eigenvalue weighted by atomic mass is 79.9. The molecule has 170 valence electrons. The number of benzene rings is 2. The van der Waals surface area contributed by atoms with Crippen LogP contribution in [0.5, 0.6) is 5.75 Å². The molecule has 1 saturated heterocycles. The van der Waals surface area contributed by atoms with Crippen molar-refractivity contribution in [3.63, 3.8) is 0 Å². The fourth-order valence-electron chi connectivity index (χ4n) is 4.34. The van der Waals surface area contributed by atoms with Crippen LogP contribution in [0.15, 0.2) is 83.2 Å². The summed E-state index contributed by atoms with van der Waals surface area (Å²) >= 11 is 3.42. The van der Waals surface area contributed by atoms with Crippen molar-refractivity contribution in [1.29, 1.82) is 0 Å². The van der Waals surface area contributed by atoms with Crippen molar-refractivity contribution in [3.05, 3.63) is 99.9 Å². The first-order valence-electron chi connectivity index (χ1n) is 10.6. The molecule has 1 unspecified atom stereocenters. The smallest absolute Gasteiger partial charge is 0.295 e. The van der Waals surface area contributed by atoms with Gasteiger partial charge in [-0.05, 0) is 57.9 Å². The number of Topliss-reactive ketones (excluding diaryl/α,β-unsaturated/α-hetero) is 1. The van der Waals surface area contributed by atoms with Crippen LogP contribution in [-0.4, -0.2) is 38.8 Å². The Morgan fingerprint density at radius 1 is 1.15 bits per heavy atom. The molecule has 1 aliphatic rings. The second-order valence-electron chi connectivity index (χ2n) is 7.92. The van der Waals surface area contributed by atoms with Crippen LogP contribution in [-0.2, 0) is 16.1 Å². The second-order valence-corrected chi connectivity index (χ2v) is 8.78. The summed E-state index contributed by atoms with van der Waals surface area (Å²) in [4.78, 5) is 35.3. The van der Waals surface area contributed by atoms with E-state index in [1.165, 1.54) is 4.90 Å². The molecule has 1 aliphatic heterocycles. The van der Waals surface area contributed by atoms with Gasteiger partial charge in [-0.3, -0.25) is 14.6 Å². The fourth-order valence-corrected chi connectivity index (χ4v) is 4.88. The third kappa shape index (κ3) is 3.66. The molecule has 8 heteroatoms. The van der Waals surface area contributed by atoms with Crippen LogP contribution in [0.2, 0.25) is 0 Å². The summed E-state index contributed by atoms with van der Waals surface area (Å²) < 4.78 is 5.89. The van der Waals surface area contributed by atoms with Crippen molar-refractivity contribution < 1.29 is 19.4 Å². The number of aliphatic hydroxyl groups excluding tert-OH is 1. The molecule has 7 nitrogen and oxygen atoms in total. The number of likely N-dealkylation sites (tertiary alicyclic amines) is 1. The number of hydrogen-bond donors (Lipinski definition) is 2. The van der Waals surface area contributed by atoms with Gasteiger partial charge in [-0.2, -0.15) is 0 Å². The van der Waals surface area contributed by atoms with Crippen LogP contribution in [0.4, 0.5) is 0 Å². The number of rotatable bonds is 5. The highest BCUT2D eigenvalue weighted by Crippen LogP contribution is 2.43. The maximum atomic E-state index is 13.3. The van der Waals surface area contributed by atoms with E-state index in [9.17, 15) is 14.7 Å². The predicted octanol–water partition coefficient (Wildman–Crippen LogP) is 4.96. The number of nitrogens with one attached hydrogen (secondary N) is 1. The van der Waals surface area contributed by atoms with E-state index in [2.05, 4.69) is 25.9 Å². The van der Waals surface area contributed by atoms with Gasteiger partial charge in [0, 0.05) is 47.2 Å². The number of nitrogens with zero attached hydrogens (tertiary/aromatic N) is 2. The van der Waals surface area contributed by atoms with Gasteiger partial charge in [-0.25, -0.2) is 0 Å². The van der Waals surface area contributed by atoms with Crippen LogP contribution in [0.1, 0.15) is 22.7 Å². The number of aromatic amines is 1. The number of halogens is 1. The first-order valence-corrected chi connectivity index (χ1v) is 11.4. The van der Waals surface area contributed by atoms with Gasteiger partial charge >= 0.3 is 0 Å². The zero-order chi connectivity index (χ0) is 23.8. The molecule has 2 aromatic heterocycles. The lowest BCUT2D eigenvalue weighted by atomic mass is 9.94. The SMILES string of the molecule is COc1ccc(/C(O)=C2\C(=O)C(=O)N(Cc3ccncc3)C2c2c[nH]c3ccccc23)cc1Br. The molecule has 0 aliphatic carbocycles. The van der Waals surface area contributed by atoms with E-state index in [1.807, 2.05) is 24.3 Å². The van der Waals surface area contributed by atoms with E-state index in [1.54, 1.807) is 56.0 Å². The van der Waals surface area contributed by atoms with Crippen LogP contribution in [0.25, 0.3) is 16.7 Å². The van der Waals surface area contributed by atoms with E-state index in [-0.39, 0.29) is 17.9 Å².